The number of hydrogen-bond donors (Lipinski definition) is 3. The van der Waals surface area contributed by atoms with E-state index >= 15 is 0 Å². The molecule has 3 N–H and O–H groups in total. The summed E-state index contributed by atoms with van der Waals surface area (Å²) in [6, 6.07) is 9.98. The minimum Gasteiger partial charge on any atom is -0.506 e. The molecule has 0 bridgehead atoms. The predicted molar refractivity (Wildman–Crippen MR) is 102 cm³/mol. The smallest absolute Gasteiger partial charge is 0.296 e. The van der Waals surface area contributed by atoms with Crippen molar-refractivity contribution in [2.45, 2.75) is 9.79 Å². The third-order valence-electron chi connectivity index (χ3n) is 3.94. The van der Waals surface area contributed by atoms with Crippen molar-refractivity contribution in [2.24, 2.45) is 10.2 Å². The quantitative estimate of drug-likeness (QED) is 0.403. The Bertz CT molecular complexity index is 1350. The summed E-state index contributed by atoms with van der Waals surface area (Å²) in [5, 5.41) is 18.4. The van der Waals surface area contributed by atoms with E-state index < -0.39 is 25.1 Å². The molecular weight excluding hydrogens is 424 g/mol. The molecule has 0 aromatic heterocycles. The molecule has 29 heavy (non-hydrogen) atoms. The van der Waals surface area contributed by atoms with Gasteiger partial charge in [-0.25, -0.2) is 0 Å². The molecule has 10 nitrogen and oxygen atoms in total. The Morgan fingerprint density at radius 1 is 0.862 bits per heavy atom. The molecule has 0 saturated carbocycles. The van der Waals surface area contributed by atoms with E-state index in [2.05, 4.69) is 10.2 Å². The largest absolute Gasteiger partial charge is 0.506 e. The van der Waals surface area contributed by atoms with E-state index in [0.29, 0.717) is 10.8 Å². The Morgan fingerprint density at radius 2 is 1.59 bits per heavy atom. The van der Waals surface area contributed by atoms with Crippen LogP contribution in [0.2, 0.25) is 0 Å². The van der Waals surface area contributed by atoms with Gasteiger partial charge in [-0.3, -0.25) is 9.11 Å². The summed E-state index contributed by atoms with van der Waals surface area (Å²) in [6.07, 6.45) is 0. The molecule has 12 heteroatoms. The standard InChI is InChI=1S/C17H14N2O8S2/c1-27-11-3-6-14(16(9-11)29(24,25)26)18-19-17-13-5-4-12(28(21,22)23)8-10(13)2-7-15(17)20/h2-9,20H,1H3,(H,21,22,23)(H,24,25,26). The van der Waals surface area contributed by atoms with Gasteiger partial charge in [-0.05, 0) is 35.7 Å². The lowest BCUT2D eigenvalue weighted by Crippen LogP contribution is -1.99. The molecule has 3 aromatic carbocycles. The summed E-state index contributed by atoms with van der Waals surface area (Å²) in [7, 11) is -7.74. The molecule has 3 aromatic rings. The summed E-state index contributed by atoms with van der Waals surface area (Å²) in [5.41, 5.74) is -0.277. The zero-order chi connectivity index (χ0) is 21.4. The maximum absolute atomic E-state index is 11.6. The van der Waals surface area contributed by atoms with Crippen molar-refractivity contribution in [3.05, 3.63) is 48.5 Å². The van der Waals surface area contributed by atoms with Gasteiger partial charge < -0.3 is 9.84 Å². The molecule has 3 rings (SSSR count). The van der Waals surface area contributed by atoms with Gasteiger partial charge in [0.1, 0.15) is 27.8 Å². The minimum atomic E-state index is -4.64. The zero-order valence-electron chi connectivity index (χ0n) is 14.7. The number of hydrogen-bond acceptors (Lipinski definition) is 8. The second-order valence-corrected chi connectivity index (χ2v) is 8.61. The van der Waals surface area contributed by atoms with Gasteiger partial charge in [-0.2, -0.15) is 16.8 Å². The van der Waals surface area contributed by atoms with Crippen molar-refractivity contribution < 1.29 is 35.8 Å². The Hall–Kier alpha value is -3.06. The van der Waals surface area contributed by atoms with Crippen LogP contribution in [-0.4, -0.2) is 38.2 Å². The number of nitrogens with zero attached hydrogens (tertiary/aromatic N) is 2. The van der Waals surface area contributed by atoms with E-state index in [4.69, 9.17) is 9.29 Å². The number of methoxy groups -OCH3 is 1. The van der Waals surface area contributed by atoms with Crippen molar-refractivity contribution in [3.63, 3.8) is 0 Å². The van der Waals surface area contributed by atoms with Crippen molar-refractivity contribution in [1.29, 1.82) is 0 Å². The summed E-state index contributed by atoms with van der Waals surface area (Å²) in [5.74, 6) is -0.134. The molecule has 0 fully saturated rings. The van der Waals surface area contributed by atoms with Gasteiger partial charge in [-0.15, -0.1) is 10.2 Å². The van der Waals surface area contributed by atoms with Gasteiger partial charge in [0.15, 0.2) is 0 Å². The molecule has 0 spiro atoms. The number of rotatable bonds is 5. The SMILES string of the molecule is COc1ccc(N=Nc2c(O)ccc3cc(S(=O)(=O)O)ccc23)c(S(=O)(=O)O)c1. The van der Waals surface area contributed by atoms with Crippen LogP contribution in [0.3, 0.4) is 0 Å². The van der Waals surface area contributed by atoms with Gasteiger partial charge in [0, 0.05) is 11.5 Å². The molecule has 0 amide bonds. The molecule has 0 unspecified atom stereocenters. The highest BCUT2D eigenvalue weighted by molar-refractivity contribution is 7.86. The Balaban J connectivity index is 2.16. The first-order chi connectivity index (χ1) is 13.5. The fraction of sp³-hybridized carbons (Fsp3) is 0.0588. The van der Waals surface area contributed by atoms with Crippen molar-refractivity contribution in [1.82, 2.24) is 0 Å². The number of aromatic hydroxyl groups is 1. The first kappa shape index (κ1) is 20.7. The van der Waals surface area contributed by atoms with E-state index in [-0.39, 0.29) is 27.8 Å². The maximum atomic E-state index is 11.6. The number of azo groups is 1. The fourth-order valence-corrected chi connectivity index (χ4v) is 3.71. The van der Waals surface area contributed by atoms with Crippen LogP contribution in [0.1, 0.15) is 0 Å². The molecule has 0 aliphatic carbocycles. The van der Waals surface area contributed by atoms with E-state index in [0.717, 1.165) is 12.1 Å². The van der Waals surface area contributed by atoms with Crippen LogP contribution in [0.15, 0.2) is 68.6 Å². The molecule has 0 heterocycles. The first-order valence-corrected chi connectivity index (χ1v) is 10.7. The minimum absolute atomic E-state index is 0.0681. The Morgan fingerprint density at radius 3 is 2.21 bits per heavy atom. The van der Waals surface area contributed by atoms with Crippen molar-refractivity contribution in [2.75, 3.05) is 7.11 Å². The van der Waals surface area contributed by atoms with E-state index in [9.17, 15) is 26.5 Å². The van der Waals surface area contributed by atoms with Crippen LogP contribution in [0.25, 0.3) is 10.8 Å². The van der Waals surface area contributed by atoms with Crippen LogP contribution in [-0.2, 0) is 20.2 Å². The van der Waals surface area contributed by atoms with Crippen molar-refractivity contribution in [3.8, 4) is 11.5 Å². The summed E-state index contributed by atoms with van der Waals surface area (Å²) in [4.78, 5) is -0.892. The van der Waals surface area contributed by atoms with E-state index in [1.165, 1.54) is 43.5 Å². The van der Waals surface area contributed by atoms with E-state index in [1.54, 1.807) is 0 Å². The molecule has 0 aliphatic rings. The second kappa shape index (κ2) is 7.40. The van der Waals surface area contributed by atoms with Crippen LogP contribution < -0.4 is 4.74 Å². The predicted octanol–water partition coefficient (Wildman–Crippen LogP) is 3.46. The van der Waals surface area contributed by atoms with Crippen LogP contribution in [0, 0.1) is 0 Å². The first-order valence-electron chi connectivity index (χ1n) is 7.81. The van der Waals surface area contributed by atoms with Gasteiger partial charge in [-0.1, -0.05) is 12.1 Å². The van der Waals surface area contributed by atoms with Gasteiger partial charge in [0.25, 0.3) is 20.2 Å². The van der Waals surface area contributed by atoms with Gasteiger partial charge in [0.05, 0.1) is 12.0 Å². The maximum Gasteiger partial charge on any atom is 0.296 e. The van der Waals surface area contributed by atoms with Crippen LogP contribution in [0.5, 0.6) is 11.5 Å². The summed E-state index contributed by atoms with van der Waals surface area (Å²) >= 11 is 0. The molecule has 0 saturated heterocycles. The van der Waals surface area contributed by atoms with E-state index in [1.807, 2.05) is 0 Å². The highest BCUT2D eigenvalue weighted by atomic mass is 32.2. The highest BCUT2D eigenvalue weighted by Gasteiger charge is 2.18. The summed E-state index contributed by atoms with van der Waals surface area (Å²) in [6.45, 7) is 0. The lowest BCUT2D eigenvalue weighted by molar-refractivity contribution is 0.412. The molecule has 152 valence electrons. The van der Waals surface area contributed by atoms with Gasteiger partial charge >= 0.3 is 0 Å². The number of ether oxygens (including phenoxy) is 1. The molecule has 0 atom stereocenters. The number of benzene rings is 3. The highest BCUT2D eigenvalue weighted by Crippen LogP contribution is 2.38. The third-order valence-corrected chi connectivity index (χ3v) is 5.67. The van der Waals surface area contributed by atoms with Crippen LogP contribution >= 0.6 is 0 Å². The lowest BCUT2D eigenvalue weighted by Gasteiger charge is -2.07. The number of phenols is 1. The van der Waals surface area contributed by atoms with Gasteiger partial charge in [0.2, 0.25) is 0 Å². The lowest BCUT2D eigenvalue weighted by atomic mass is 10.1. The molecular formula is C17H14N2O8S2. The van der Waals surface area contributed by atoms with Crippen molar-refractivity contribution >= 4 is 42.4 Å². The number of fused-ring (bicyclic) bond motifs is 1. The second-order valence-electron chi connectivity index (χ2n) is 5.80. The molecule has 0 aliphatic heterocycles. The third kappa shape index (κ3) is 4.35. The Kier molecular flexibility index (Phi) is 5.28. The summed E-state index contributed by atoms with van der Waals surface area (Å²) < 4.78 is 69.3. The average Bonchev–Trinajstić information content (AvgIpc) is 2.65. The zero-order valence-corrected chi connectivity index (χ0v) is 16.3. The average molecular weight is 438 g/mol. The monoisotopic (exact) mass is 438 g/mol. The Labute approximate surface area is 165 Å². The molecule has 0 radical (unpaired) electrons. The van der Waals surface area contributed by atoms with Crippen LogP contribution in [0.4, 0.5) is 11.4 Å². The topological polar surface area (TPSA) is 163 Å². The normalized spacial score (nSPS) is 12.5. The number of phenolic OH excluding ortho intramolecular Hbond substituents is 1. The fourth-order valence-electron chi connectivity index (χ4n) is 2.56.